The third-order valence-corrected chi connectivity index (χ3v) is 4.93. The summed E-state index contributed by atoms with van der Waals surface area (Å²) in [6.45, 7) is 0.0535. The molecule has 10 heteroatoms. The molecular weight excluding hydrogens is 434 g/mol. The number of benzene rings is 1. The molecule has 1 aromatic carbocycles. The zero-order valence-electron chi connectivity index (χ0n) is 15.1. The predicted molar refractivity (Wildman–Crippen MR) is 103 cm³/mol. The maximum absolute atomic E-state index is 12.6. The number of aliphatic hydroxyl groups excluding tert-OH is 2. The van der Waals surface area contributed by atoms with Crippen LogP contribution in [0.2, 0.25) is 0 Å². The average Bonchev–Trinajstić information content (AvgIpc) is 2.65. The lowest BCUT2D eigenvalue weighted by atomic mass is 9.89. The van der Waals surface area contributed by atoms with Crippen LogP contribution in [-0.4, -0.2) is 59.8 Å². The Labute approximate surface area is 170 Å². The molecule has 0 saturated carbocycles. The van der Waals surface area contributed by atoms with Crippen molar-refractivity contribution in [3.8, 4) is 5.75 Å². The number of primary amides is 1. The summed E-state index contributed by atoms with van der Waals surface area (Å²) in [6, 6.07) is 3.86. The van der Waals surface area contributed by atoms with E-state index < -0.39 is 36.0 Å². The van der Waals surface area contributed by atoms with E-state index in [9.17, 15) is 24.6 Å². The first-order valence-corrected chi connectivity index (χ1v) is 9.30. The summed E-state index contributed by atoms with van der Waals surface area (Å²) in [5, 5.41) is 25.4. The number of carbonyl (C=O) groups is 3. The fraction of sp³-hybridized carbons (Fsp3) is 0.389. The summed E-state index contributed by atoms with van der Waals surface area (Å²) >= 11 is 3.28. The number of nitrogens with one attached hydrogen (secondary N) is 2. The van der Waals surface area contributed by atoms with Gasteiger partial charge in [-0.1, -0.05) is 6.08 Å². The molecule has 0 bridgehead atoms. The summed E-state index contributed by atoms with van der Waals surface area (Å²) in [4.78, 5) is 35.6. The number of nitrogens with two attached hydrogens (primary N) is 1. The standard InChI is InChI=1S/C18H22BrN3O6/c1-28-10-2-3-12(19)11(8-10)18(27)22-13-6-9(7-14(23)16(13)25)17(26)21-5-4-15(20)24/h2-3,6,8,13-14,16,23,25H,4-5,7H2,1H3,(H2,20,24)(H,21,26)(H,22,27). The van der Waals surface area contributed by atoms with Gasteiger partial charge in [0.25, 0.3) is 5.91 Å². The Bertz CT molecular complexity index is 798. The quantitative estimate of drug-likeness (QED) is 0.377. The molecule has 28 heavy (non-hydrogen) atoms. The van der Waals surface area contributed by atoms with E-state index in [1.165, 1.54) is 19.3 Å². The van der Waals surface area contributed by atoms with Gasteiger partial charge < -0.3 is 31.3 Å². The van der Waals surface area contributed by atoms with E-state index in [-0.39, 0.29) is 30.5 Å². The molecule has 2 rings (SSSR count). The van der Waals surface area contributed by atoms with Gasteiger partial charge in [-0.2, -0.15) is 0 Å². The Morgan fingerprint density at radius 2 is 2.00 bits per heavy atom. The van der Waals surface area contributed by atoms with Crippen molar-refractivity contribution in [3.63, 3.8) is 0 Å². The van der Waals surface area contributed by atoms with Gasteiger partial charge in [-0.15, -0.1) is 0 Å². The van der Waals surface area contributed by atoms with Gasteiger partial charge >= 0.3 is 0 Å². The van der Waals surface area contributed by atoms with Gasteiger partial charge in [-0.25, -0.2) is 0 Å². The molecule has 0 radical (unpaired) electrons. The fourth-order valence-corrected chi connectivity index (χ4v) is 3.14. The molecule has 6 N–H and O–H groups in total. The van der Waals surface area contributed by atoms with Crippen molar-refractivity contribution >= 4 is 33.7 Å². The monoisotopic (exact) mass is 455 g/mol. The Kier molecular flexibility index (Phi) is 7.55. The van der Waals surface area contributed by atoms with E-state index in [4.69, 9.17) is 10.5 Å². The molecule has 3 atom stereocenters. The lowest BCUT2D eigenvalue weighted by molar-refractivity contribution is -0.119. The van der Waals surface area contributed by atoms with Crippen LogP contribution in [0.3, 0.4) is 0 Å². The van der Waals surface area contributed by atoms with Crippen LogP contribution < -0.4 is 21.1 Å². The van der Waals surface area contributed by atoms with E-state index in [0.29, 0.717) is 10.2 Å². The van der Waals surface area contributed by atoms with Gasteiger partial charge in [-0.3, -0.25) is 14.4 Å². The van der Waals surface area contributed by atoms with Gasteiger partial charge in [0.05, 0.1) is 24.8 Å². The number of ether oxygens (including phenoxy) is 1. The van der Waals surface area contributed by atoms with Crippen molar-refractivity contribution in [1.82, 2.24) is 10.6 Å². The molecule has 0 aromatic heterocycles. The van der Waals surface area contributed by atoms with Gasteiger partial charge in [-0.05, 0) is 34.1 Å². The number of hydrogen-bond donors (Lipinski definition) is 5. The summed E-state index contributed by atoms with van der Waals surface area (Å²) < 4.78 is 5.62. The van der Waals surface area contributed by atoms with Crippen LogP contribution in [0.4, 0.5) is 0 Å². The molecule has 3 amide bonds. The summed E-state index contributed by atoms with van der Waals surface area (Å²) in [7, 11) is 1.47. The first-order chi connectivity index (χ1) is 13.2. The Hall–Kier alpha value is -2.43. The van der Waals surface area contributed by atoms with E-state index in [2.05, 4.69) is 26.6 Å². The highest BCUT2D eigenvalue weighted by Gasteiger charge is 2.34. The lowest BCUT2D eigenvalue weighted by Crippen LogP contribution is -2.51. The molecule has 1 aliphatic rings. The van der Waals surface area contributed by atoms with Gasteiger partial charge in [0.1, 0.15) is 11.9 Å². The van der Waals surface area contributed by atoms with Crippen molar-refractivity contribution in [1.29, 1.82) is 0 Å². The number of halogens is 1. The first kappa shape index (κ1) is 21.9. The van der Waals surface area contributed by atoms with Crippen LogP contribution in [0.1, 0.15) is 23.2 Å². The minimum absolute atomic E-state index is 0.0196. The predicted octanol–water partition coefficient (Wildman–Crippen LogP) is -0.400. The Morgan fingerprint density at radius 1 is 1.29 bits per heavy atom. The first-order valence-electron chi connectivity index (χ1n) is 8.50. The minimum atomic E-state index is -1.28. The van der Waals surface area contributed by atoms with Crippen LogP contribution in [0, 0.1) is 0 Å². The number of hydrogen-bond acceptors (Lipinski definition) is 6. The molecule has 0 spiro atoms. The van der Waals surface area contributed by atoms with Crippen molar-refractivity contribution in [2.75, 3.05) is 13.7 Å². The van der Waals surface area contributed by atoms with Crippen LogP contribution in [0.25, 0.3) is 0 Å². The highest BCUT2D eigenvalue weighted by Crippen LogP contribution is 2.24. The number of amides is 3. The van der Waals surface area contributed by atoms with Crippen LogP contribution >= 0.6 is 15.9 Å². The Morgan fingerprint density at radius 3 is 2.64 bits per heavy atom. The summed E-state index contributed by atoms with van der Waals surface area (Å²) in [5.74, 6) is -1.10. The van der Waals surface area contributed by atoms with Crippen molar-refractivity contribution in [2.24, 2.45) is 5.73 Å². The molecule has 0 aliphatic heterocycles. The second-order valence-electron chi connectivity index (χ2n) is 6.27. The fourth-order valence-electron chi connectivity index (χ4n) is 2.71. The molecule has 152 valence electrons. The number of rotatable bonds is 7. The largest absolute Gasteiger partial charge is 0.497 e. The topological polar surface area (TPSA) is 151 Å². The number of carbonyl (C=O) groups excluding carboxylic acids is 3. The van der Waals surface area contributed by atoms with Crippen molar-refractivity contribution in [3.05, 3.63) is 39.9 Å². The maximum atomic E-state index is 12.6. The molecule has 0 heterocycles. The minimum Gasteiger partial charge on any atom is -0.497 e. The van der Waals surface area contributed by atoms with Crippen molar-refractivity contribution in [2.45, 2.75) is 31.1 Å². The van der Waals surface area contributed by atoms with Crippen LogP contribution in [-0.2, 0) is 9.59 Å². The molecule has 0 fully saturated rings. The van der Waals surface area contributed by atoms with Crippen LogP contribution in [0.5, 0.6) is 5.75 Å². The summed E-state index contributed by atoms with van der Waals surface area (Å²) in [6.07, 6.45) is -1.23. The molecule has 3 unspecified atom stereocenters. The van der Waals surface area contributed by atoms with E-state index in [0.717, 1.165) is 0 Å². The van der Waals surface area contributed by atoms with Gasteiger partial charge in [0.2, 0.25) is 11.8 Å². The SMILES string of the molecule is COc1ccc(Br)c(C(=O)NC2C=C(C(=O)NCCC(N)=O)CC(O)C2O)c1. The smallest absolute Gasteiger partial charge is 0.253 e. The third kappa shape index (κ3) is 5.54. The normalized spacial score (nSPS) is 21.4. The summed E-state index contributed by atoms with van der Waals surface area (Å²) in [5.41, 5.74) is 5.49. The zero-order valence-corrected chi connectivity index (χ0v) is 16.7. The zero-order chi connectivity index (χ0) is 20.8. The Balaban J connectivity index is 2.14. The molecule has 9 nitrogen and oxygen atoms in total. The maximum Gasteiger partial charge on any atom is 0.253 e. The molecule has 1 aromatic rings. The molecule has 1 aliphatic carbocycles. The van der Waals surface area contributed by atoms with E-state index in [1.807, 2.05) is 0 Å². The van der Waals surface area contributed by atoms with Crippen molar-refractivity contribution < 1.29 is 29.3 Å². The molecule has 0 saturated heterocycles. The van der Waals surface area contributed by atoms with E-state index >= 15 is 0 Å². The van der Waals surface area contributed by atoms with Crippen LogP contribution in [0.15, 0.2) is 34.3 Å². The van der Waals surface area contributed by atoms with E-state index in [1.54, 1.807) is 12.1 Å². The second-order valence-corrected chi connectivity index (χ2v) is 7.13. The third-order valence-electron chi connectivity index (χ3n) is 4.24. The lowest BCUT2D eigenvalue weighted by Gasteiger charge is -2.31. The van der Waals surface area contributed by atoms with Gasteiger partial charge in [0.15, 0.2) is 0 Å². The second kappa shape index (κ2) is 9.67. The highest BCUT2D eigenvalue weighted by atomic mass is 79.9. The highest BCUT2D eigenvalue weighted by molar-refractivity contribution is 9.10. The van der Waals surface area contributed by atoms with Gasteiger partial charge in [0, 0.05) is 29.4 Å². The molecular formula is C18H22BrN3O6. The number of aliphatic hydroxyl groups is 2. The average molecular weight is 456 g/mol. The number of methoxy groups -OCH3 is 1.